The number of hydrogen-bond acceptors (Lipinski definition) is 5. The van der Waals surface area contributed by atoms with Crippen molar-refractivity contribution in [3.8, 4) is 5.75 Å². The van der Waals surface area contributed by atoms with Gasteiger partial charge in [0.1, 0.15) is 0 Å². The fourth-order valence-electron chi connectivity index (χ4n) is 2.70. The summed E-state index contributed by atoms with van der Waals surface area (Å²) in [4.78, 5) is 35.2. The first-order chi connectivity index (χ1) is 13.4. The first-order valence-electron chi connectivity index (χ1n) is 9.03. The Labute approximate surface area is 162 Å². The highest BCUT2D eigenvalue weighted by atomic mass is 16.6. The molecule has 1 aliphatic rings. The first kappa shape index (κ1) is 19.3. The van der Waals surface area contributed by atoms with Gasteiger partial charge in [-0.1, -0.05) is 6.07 Å². The summed E-state index contributed by atoms with van der Waals surface area (Å²) >= 11 is 0. The van der Waals surface area contributed by atoms with Crippen LogP contribution in [0.2, 0.25) is 0 Å². The lowest BCUT2D eigenvalue weighted by Gasteiger charge is -2.12. The van der Waals surface area contributed by atoms with Gasteiger partial charge in [0.2, 0.25) is 5.91 Å². The Morgan fingerprint density at radius 3 is 2.57 bits per heavy atom. The van der Waals surface area contributed by atoms with Crippen molar-refractivity contribution in [2.45, 2.75) is 26.7 Å². The van der Waals surface area contributed by atoms with E-state index in [2.05, 4.69) is 10.6 Å². The van der Waals surface area contributed by atoms with Crippen molar-refractivity contribution in [2.24, 2.45) is 5.92 Å². The molecule has 1 fully saturated rings. The molecule has 0 aliphatic heterocycles. The number of nitrogens with zero attached hydrogens (tertiary/aromatic N) is 1. The van der Waals surface area contributed by atoms with Crippen LogP contribution >= 0.6 is 0 Å². The highest BCUT2D eigenvalue weighted by Gasteiger charge is 2.29. The molecule has 1 saturated carbocycles. The second-order valence-corrected chi connectivity index (χ2v) is 6.62. The number of benzene rings is 2. The molecule has 0 radical (unpaired) electrons. The number of nitro benzene ring substituents is 1. The highest BCUT2D eigenvalue weighted by Crippen LogP contribution is 2.31. The maximum atomic E-state index is 12.6. The number of anilines is 2. The van der Waals surface area contributed by atoms with Crippen LogP contribution in [0.1, 0.15) is 35.7 Å². The van der Waals surface area contributed by atoms with Crippen molar-refractivity contribution < 1.29 is 19.2 Å². The highest BCUT2D eigenvalue weighted by molar-refractivity contribution is 6.05. The Bertz CT molecular complexity index is 937. The van der Waals surface area contributed by atoms with Gasteiger partial charge in [-0.3, -0.25) is 19.7 Å². The summed E-state index contributed by atoms with van der Waals surface area (Å²) in [6, 6.07) is 9.31. The van der Waals surface area contributed by atoms with Crippen LogP contribution in [0.5, 0.6) is 5.75 Å². The number of carbonyl (C=O) groups is 2. The van der Waals surface area contributed by atoms with E-state index in [-0.39, 0.29) is 35.4 Å². The van der Waals surface area contributed by atoms with E-state index in [1.54, 1.807) is 25.1 Å². The Hall–Kier alpha value is -3.42. The minimum atomic E-state index is -0.582. The number of rotatable bonds is 7. The maximum absolute atomic E-state index is 12.6. The van der Waals surface area contributed by atoms with Gasteiger partial charge in [-0.25, -0.2) is 0 Å². The van der Waals surface area contributed by atoms with E-state index in [9.17, 15) is 19.7 Å². The molecule has 0 saturated heterocycles. The summed E-state index contributed by atoms with van der Waals surface area (Å²) in [5.41, 5.74) is 1.79. The lowest BCUT2D eigenvalue weighted by Crippen LogP contribution is -2.15. The summed E-state index contributed by atoms with van der Waals surface area (Å²) in [5, 5.41) is 16.8. The van der Waals surface area contributed by atoms with Crippen LogP contribution in [-0.2, 0) is 4.79 Å². The molecule has 2 aromatic rings. The van der Waals surface area contributed by atoms with Crippen LogP contribution in [0.4, 0.5) is 17.1 Å². The van der Waals surface area contributed by atoms with E-state index in [4.69, 9.17) is 4.74 Å². The van der Waals surface area contributed by atoms with E-state index in [0.29, 0.717) is 11.4 Å². The SMILES string of the molecule is CCOc1ccc(C(=O)Nc2cc(NC(=O)C3CC3)ccc2C)cc1[N+](=O)[O-]. The Morgan fingerprint density at radius 1 is 1.18 bits per heavy atom. The molecular formula is C20H21N3O5. The predicted molar refractivity (Wildman–Crippen MR) is 105 cm³/mol. The third-order valence-electron chi connectivity index (χ3n) is 4.42. The topological polar surface area (TPSA) is 111 Å². The van der Waals surface area contributed by atoms with Crippen molar-refractivity contribution in [1.29, 1.82) is 0 Å². The standard InChI is InChI=1S/C20H21N3O5/c1-3-28-18-9-7-14(10-17(18)23(26)27)20(25)22-16-11-15(8-4-12(16)2)21-19(24)13-5-6-13/h4,7-11,13H,3,5-6H2,1-2H3,(H,21,24)(H,22,25). The molecule has 3 rings (SSSR count). The molecule has 0 aromatic heterocycles. The average Bonchev–Trinajstić information content (AvgIpc) is 3.50. The summed E-state index contributed by atoms with van der Waals surface area (Å²) in [5.74, 6) is -0.322. The normalized spacial score (nSPS) is 12.9. The van der Waals surface area contributed by atoms with Crippen LogP contribution < -0.4 is 15.4 Å². The summed E-state index contributed by atoms with van der Waals surface area (Å²) in [6.45, 7) is 3.83. The number of carbonyl (C=O) groups excluding carboxylic acids is 2. The molecule has 8 nitrogen and oxygen atoms in total. The number of amides is 2. The fourth-order valence-corrected chi connectivity index (χ4v) is 2.70. The molecule has 8 heteroatoms. The van der Waals surface area contributed by atoms with Gasteiger partial charge in [-0.05, 0) is 56.5 Å². The van der Waals surface area contributed by atoms with Gasteiger partial charge in [0.25, 0.3) is 5.91 Å². The molecule has 2 amide bonds. The van der Waals surface area contributed by atoms with E-state index < -0.39 is 10.8 Å². The molecule has 0 atom stereocenters. The Kier molecular flexibility index (Phi) is 5.58. The average molecular weight is 383 g/mol. The molecule has 2 N–H and O–H groups in total. The van der Waals surface area contributed by atoms with Crippen molar-refractivity contribution in [3.63, 3.8) is 0 Å². The zero-order valence-corrected chi connectivity index (χ0v) is 15.7. The fraction of sp³-hybridized carbons (Fsp3) is 0.300. The molecule has 146 valence electrons. The lowest BCUT2D eigenvalue weighted by atomic mass is 10.1. The third kappa shape index (κ3) is 4.46. The molecule has 28 heavy (non-hydrogen) atoms. The molecule has 0 bridgehead atoms. The number of ether oxygens (including phenoxy) is 1. The van der Waals surface area contributed by atoms with E-state index in [1.807, 2.05) is 6.92 Å². The van der Waals surface area contributed by atoms with Gasteiger partial charge in [-0.15, -0.1) is 0 Å². The van der Waals surface area contributed by atoms with E-state index in [1.165, 1.54) is 18.2 Å². The number of nitrogens with one attached hydrogen (secondary N) is 2. The minimum Gasteiger partial charge on any atom is -0.487 e. The van der Waals surface area contributed by atoms with Crippen LogP contribution in [0.25, 0.3) is 0 Å². The Balaban J connectivity index is 1.79. The van der Waals surface area contributed by atoms with Gasteiger partial charge < -0.3 is 15.4 Å². The van der Waals surface area contributed by atoms with E-state index in [0.717, 1.165) is 18.4 Å². The largest absolute Gasteiger partial charge is 0.487 e. The summed E-state index contributed by atoms with van der Waals surface area (Å²) < 4.78 is 5.23. The molecule has 1 aliphatic carbocycles. The third-order valence-corrected chi connectivity index (χ3v) is 4.42. The lowest BCUT2D eigenvalue weighted by molar-refractivity contribution is -0.385. The van der Waals surface area contributed by atoms with Crippen LogP contribution in [0.3, 0.4) is 0 Å². The molecule has 0 heterocycles. The van der Waals surface area contributed by atoms with E-state index >= 15 is 0 Å². The Morgan fingerprint density at radius 2 is 1.93 bits per heavy atom. The van der Waals surface area contributed by atoms with Crippen LogP contribution in [0, 0.1) is 23.0 Å². The number of nitro groups is 1. The molecule has 0 unspecified atom stereocenters. The predicted octanol–water partition coefficient (Wildman–Crippen LogP) is 3.90. The van der Waals surface area contributed by atoms with Crippen molar-refractivity contribution in [2.75, 3.05) is 17.2 Å². The summed E-state index contributed by atoms with van der Waals surface area (Å²) in [6.07, 6.45) is 1.80. The van der Waals surface area contributed by atoms with Gasteiger partial charge in [0.05, 0.1) is 11.5 Å². The molecular weight excluding hydrogens is 362 g/mol. The quantitative estimate of drug-likeness (QED) is 0.556. The monoisotopic (exact) mass is 383 g/mol. The van der Waals surface area contributed by atoms with Gasteiger partial charge in [0, 0.05) is 28.9 Å². The second-order valence-electron chi connectivity index (χ2n) is 6.62. The van der Waals surface area contributed by atoms with Crippen molar-refractivity contribution in [3.05, 3.63) is 57.6 Å². The minimum absolute atomic E-state index is 0.0248. The zero-order chi connectivity index (χ0) is 20.3. The first-order valence-corrected chi connectivity index (χ1v) is 9.03. The van der Waals surface area contributed by atoms with Gasteiger partial charge >= 0.3 is 5.69 Å². The second kappa shape index (κ2) is 8.08. The van der Waals surface area contributed by atoms with Crippen LogP contribution in [-0.4, -0.2) is 23.3 Å². The molecule has 2 aromatic carbocycles. The summed E-state index contributed by atoms with van der Waals surface area (Å²) in [7, 11) is 0. The van der Waals surface area contributed by atoms with Gasteiger partial charge in [-0.2, -0.15) is 0 Å². The zero-order valence-electron chi connectivity index (χ0n) is 15.7. The smallest absolute Gasteiger partial charge is 0.311 e. The maximum Gasteiger partial charge on any atom is 0.311 e. The van der Waals surface area contributed by atoms with Crippen molar-refractivity contribution in [1.82, 2.24) is 0 Å². The van der Waals surface area contributed by atoms with Crippen LogP contribution in [0.15, 0.2) is 36.4 Å². The van der Waals surface area contributed by atoms with Gasteiger partial charge in [0.15, 0.2) is 5.75 Å². The van der Waals surface area contributed by atoms with Crippen molar-refractivity contribution >= 4 is 28.9 Å². The number of aryl methyl sites for hydroxylation is 1. The molecule has 0 spiro atoms. The number of hydrogen-bond donors (Lipinski definition) is 2.